The summed E-state index contributed by atoms with van der Waals surface area (Å²) in [5, 5.41) is 14.8. The third-order valence-corrected chi connectivity index (χ3v) is 3.84. The summed E-state index contributed by atoms with van der Waals surface area (Å²) in [7, 11) is 0. The molecule has 2 N–H and O–H groups in total. The topological polar surface area (TPSA) is 32.3 Å². The van der Waals surface area contributed by atoms with Crippen molar-refractivity contribution in [2.75, 3.05) is 13.2 Å². The summed E-state index contributed by atoms with van der Waals surface area (Å²) in [6.45, 7) is 3.25. The van der Waals surface area contributed by atoms with Crippen molar-refractivity contribution in [2.24, 2.45) is 0 Å². The predicted octanol–water partition coefficient (Wildman–Crippen LogP) is 4.21. The molecule has 0 bridgehead atoms. The summed E-state index contributed by atoms with van der Waals surface area (Å²) in [5.41, 5.74) is 1.33. The molecule has 0 aromatic heterocycles. The van der Waals surface area contributed by atoms with Gasteiger partial charge in [-0.15, -0.1) is 0 Å². The van der Waals surface area contributed by atoms with Gasteiger partial charge in [0.05, 0.1) is 0 Å². The van der Waals surface area contributed by atoms with Gasteiger partial charge in [-0.25, -0.2) is 0 Å². The van der Waals surface area contributed by atoms with Crippen LogP contribution in [0.25, 0.3) is 10.8 Å². The zero-order chi connectivity index (χ0) is 16.3. The predicted molar refractivity (Wildman–Crippen MR) is 98.2 cm³/mol. The summed E-state index contributed by atoms with van der Waals surface area (Å²) in [6.07, 6.45) is 6.61. The molecule has 1 unspecified atom stereocenters. The Morgan fingerprint density at radius 3 is 2.83 bits per heavy atom. The van der Waals surface area contributed by atoms with Crippen molar-refractivity contribution in [2.45, 2.75) is 32.2 Å². The quantitative estimate of drug-likeness (QED) is 0.593. The van der Waals surface area contributed by atoms with E-state index in [4.69, 9.17) is 5.11 Å². The lowest BCUT2D eigenvalue weighted by Crippen LogP contribution is -2.18. The van der Waals surface area contributed by atoms with Gasteiger partial charge in [0.25, 0.3) is 0 Å². The minimum Gasteiger partial charge on any atom is -0.396 e. The van der Waals surface area contributed by atoms with Crippen LogP contribution in [-0.2, 0) is 0 Å². The highest BCUT2D eigenvalue weighted by Crippen LogP contribution is 2.23. The number of benzene rings is 2. The average Bonchev–Trinajstić information content (AvgIpc) is 2.59. The van der Waals surface area contributed by atoms with Crippen molar-refractivity contribution in [3.8, 4) is 11.8 Å². The minimum atomic E-state index is 0.257. The van der Waals surface area contributed by atoms with Crippen molar-refractivity contribution in [1.29, 1.82) is 0 Å². The number of allylic oxidation sites excluding steroid dienone is 1. The molecule has 2 heteroatoms. The maximum Gasteiger partial charge on any atom is 0.0431 e. The van der Waals surface area contributed by atoms with E-state index in [1.165, 1.54) is 16.3 Å². The molecule has 0 aliphatic carbocycles. The van der Waals surface area contributed by atoms with Crippen molar-refractivity contribution in [1.82, 2.24) is 5.32 Å². The van der Waals surface area contributed by atoms with E-state index in [0.29, 0.717) is 6.04 Å². The molecule has 0 heterocycles. The van der Waals surface area contributed by atoms with Crippen molar-refractivity contribution in [3.05, 3.63) is 60.2 Å². The van der Waals surface area contributed by atoms with E-state index in [2.05, 4.69) is 72.6 Å². The molecular weight excluding hydrogens is 282 g/mol. The minimum absolute atomic E-state index is 0.257. The zero-order valence-electron chi connectivity index (χ0n) is 13.8. The lowest BCUT2D eigenvalue weighted by molar-refractivity contribution is 0.285. The second kappa shape index (κ2) is 9.84. The van der Waals surface area contributed by atoms with Gasteiger partial charge >= 0.3 is 0 Å². The zero-order valence-corrected chi connectivity index (χ0v) is 13.8. The van der Waals surface area contributed by atoms with Crippen LogP contribution in [-0.4, -0.2) is 18.3 Å². The summed E-state index contributed by atoms with van der Waals surface area (Å²) < 4.78 is 0. The fraction of sp³-hybridized carbons (Fsp3) is 0.333. The van der Waals surface area contributed by atoms with Gasteiger partial charge in [-0.2, -0.15) is 0 Å². The molecule has 0 saturated carbocycles. The molecule has 0 aliphatic heterocycles. The lowest BCUT2D eigenvalue weighted by atomic mass is 10.00. The molecule has 2 rings (SSSR count). The third-order valence-electron chi connectivity index (χ3n) is 3.84. The Labute approximate surface area is 139 Å². The largest absolute Gasteiger partial charge is 0.396 e. The number of hydrogen-bond donors (Lipinski definition) is 2. The molecule has 0 fully saturated rings. The van der Waals surface area contributed by atoms with Crippen LogP contribution in [0.2, 0.25) is 0 Å². The average molecular weight is 307 g/mol. The fourth-order valence-corrected chi connectivity index (χ4v) is 2.56. The van der Waals surface area contributed by atoms with Crippen LogP contribution in [0.1, 0.15) is 37.8 Å². The van der Waals surface area contributed by atoms with E-state index in [1.54, 1.807) is 0 Å². The molecule has 2 aromatic rings. The Bertz CT molecular complexity index is 688. The molecular formula is C21H25NO. The number of rotatable bonds is 7. The van der Waals surface area contributed by atoms with E-state index >= 15 is 0 Å². The Balaban J connectivity index is 1.84. The van der Waals surface area contributed by atoms with Gasteiger partial charge < -0.3 is 10.4 Å². The molecule has 2 aromatic carbocycles. The third kappa shape index (κ3) is 5.56. The van der Waals surface area contributed by atoms with Crippen LogP contribution in [0.3, 0.4) is 0 Å². The second-order valence-corrected chi connectivity index (χ2v) is 5.60. The normalized spacial score (nSPS) is 12.3. The Morgan fingerprint density at radius 2 is 1.96 bits per heavy atom. The van der Waals surface area contributed by atoms with E-state index in [1.807, 2.05) is 6.08 Å². The van der Waals surface area contributed by atoms with E-state index in [0.717, 1.165) is 25.8 Å². The molecule has 1 atom stereocenters. The second-order valence-electron chi connectivity index (χ2n) is 5.60. The van der Waals surface area contributed by atoms with Crippen LogP contribution in [0.5, 0.6) is 0 Å². The molecule has 0 saturated heterocycles. The number of aliphatic hydroxyl groups is 1. The maximum absolute atomic E-state index is 8.68. The molecule has 0 aliphatic rings. The van der Waals surface area contributed by atoms with Crippen LogP contribution >= 0.6 is 0 Å². The summed E-state index contributed by atoms with van der Waals surface area (Å²) in [6, 6.07) is 15.2. The first-order valence-corrected chi connectivity index (χ1v) is 8.28. The van der Waals surface area contributed by atoms with E-state index in [9.17, 15) is 0 Å². The summed E-state index contributed by atoms with van der Waals surface area (Å²) in [4.78, 5) is 0. The number of aliphatic hydroxyl groups excluding tert-OH is 1. The number of unbranched alkanes of at least 4 members (excludes halogenated alkanes) is 2. The van der Waals surface area contributed by atoms with Crippen molar-refractivity contribution >= 4 is 10.8 Å². The molecule has 0 spiro atoms. The van der Waals surface area contributed by atoms with Gasteiger partial charge in [0.15, 0.2) is 0 Å². The first-order chi connectivity index (χ1) is 11.3. The Morgan fingerprint density at radius 1 is 1.13 bits per heavy atom. The van der Waals surface area contributed by atoms with Crippen LogP contribution < -0.4 is 5.32 Å². The highest BCUT2D eigenvalue weighted by molar-refractivity contribution is 5.86. The van der Waals surface area contributed by atoms with Gasteiger partial charge in [0.1, 0.15) is 0 Å². The molecule has 0 radical (unpaired) electrons. The van der Waals surface area contributed by atoms with E-state index in [-0.39, 0.29) is 6.61 Å². The number of fused-ring (bicyclic) bond motifs is 1. The van der Waals surface area contributed by atoms with Gasteiger partial charge in [0, 0.05) is 25.6 Å². The first kappa shape index (κ1) is 17.3. The summed E-state index contributed by atoms with van der Waals surface area (Å²) in [5.74, 6) is 6.12. The number of hydrogen-bond acceptors (Lipinski definition) is 2. The Hall–Kier alpha value is -2.08. The van der Waals surface area contributed by atoms with Gasteiger partial charge in [0.2, 0.25) is 0 Å². The number of nitrogens with one attached hydrogen (secondary N) is 1. The van der Waals surface area contributed by atoms with Gasteiger partial charge in [-0.1, -0.05) is 60.4 Å². The molecule has 2 nitrogen and oxygen atoms in total. The first-order valence-electron chi connectivity index (χ1n) is 8.28. The highest BCUT2D eigenvalue weighted by atomic mass is 16.2. The maximum atomic E-state index is 8.68. The SMILES string of the molecule is CC(NC/C=C/C#CCCCCO)c1cccc2ccccc12. The lowest BCUT2D eigenvalue weighted by Gasteiger charge is -2.15. The van der Waals surface area contributed by atoms with Crippen LogP contribution in [0.4, 0.5) is 0 Å². The molecule has 23 heavy (non-hydrogen) atoms. The standard InChI is InChI=1S/C21H25NO/c1-18(22-16-9-5-3-2-4-6-10-17-23)20-15-11-13-19-12-7-8-14-21(19)20/h5,7-9,11-15,18,22-23H,4,6,10,16-17H2,1H3/b9-5+. The monoisotopic (exact) mass is 307 g/mol. The van der Waals surface area contributed by atoms with Crippen LogP contribution in [0.15, 0.2) is 54.6 Å². The molecule has 120 valence electrons. The van der Waals surface area contributed by atoms with Crippen LogP contribution in [0, 0.1) is 11.8 Å². The van der Waals surface area contributed by atoms with Crippen molar-refractivity contribution < 1.29 is 5.11 Å². The van der Waals surface area contributed by atoms with Gasteiger partial charge in [-0.3, -0.25) is 0 Å². The molecule has 0 amide bonds. The Kier molecular flexibility index (Phi) is 7.39. The van der Waals surface area contributed by atoms with E-state index < -0.39 is 0 Å². The highest BCUT2D eigenvalue weighted by Gasteiger charge is 2.07. The van der Waals surface area contributed by atoms with Crippen molar-refractivity contribution in [3.63, 3.8) is 0 Å². The van der Waals surface area contributed by atoms with Gasteiger partial charge in [-0.05, 0) is 42.2 Å². The fourth-order valence-electron chi connectivity index (χ4n) is 2.56. The smallest absolute Gasteiger partial charge is 0.0431 e. The summed E-state index contributed by atoms with van der Waals surface area (Å²) >= 11 is 0.